The number of nitrogens with zero attached hydrogens (tertiary/aromatic N) is 3. The van der Waals surface area contributed by atoms with Crippen molar-refractivity contribution in [1.82, 2.24) is 19.9 Å². The van der Waals surface area contributed by atoms with Crippen molar-refractivity contribution in [3.05, 3.63) is 61.1 Å². The Hall–Kier alpha value is -3.41. The van der Waals surface area contributed by atoms with Crippen LogP contribution in [0.5, 0.6) is 0 Å². The van der Waals surface area contributed by atoms with Gasteiger partial charge in [-0.2, -0.15) is 0 Å². The van der Waals surface area contributed by atoms with Gasteiger partial charge in [0.1, 0.15) is 5.65 Å². The van der Waals surface area contributed by atoms with Gasteiger partial charge in [0.2, 0.25) is 5.95 Å². The van der Waals surface area contributed by atoms with Gasteiger partial charge in [0.15, 0.2) is 0 Å². The number of anilines is 3. The second kappa shape index (κ2) is 5.42. The van der Waals surface area contributed by atoms with Crippen molar-refractivity contribution >= 4 is 28.4 Å². The summed E-state index contributed by atoms with van der Waals surface area (Å²) in [5.74, 6) is 0.248. The summed E-state index contributed by atoms with van der Waals surface area (Å²) in [6.07, 6.45) is 5.30. The Labute approximate surface area is 132 Å². The average molecular weight is 302 g/mol. The van der Waals surface area contributed by atoms with Crippen molar-refractivity contribution in [3.8, 4) is 11.3 Å². The van der Waals surface area contributed by atoms with Crippen LogP contribution in [-0.4, -0.2) is 19.9 Å². The molecule has 0 unspecified atom stereocenters. The molecule has 0 amide bonds. The number of H-pyrrole nitrogens is 1. The minimum absolute atomic E-state index is 0.248. The third kappa shape index (κ3) is 2.46. The fourth-order valence-electron chi connectivity index (χ4n) is 2.56. The van der Waals surface area contributed by atoms with Crippen molar-refractivity contribution in [2.45, 2.75) is 0 Å². The molecule has 3 aromatic heterocycles. The van der Waals surface area contributed by atoms with Gasteiger partial charge in [0.25, 0.3) is 0 Å². The number of aromatic nitrogens is 4. The summed E-state index contributed by atoms with van der Waals surface area (Å²) in [4.78, 5) is 15.8. The lowest BCUT2D eigenvalue weighted by Gasteiger charge is -2.09. The number of pyridine rings is 1. The maximum atomic E-state index is 5.71. The highest BCUT2D eigenvalue weighted by Crippen LogP contribution is 2.33. The molecule has 0 bridgehead atoms. The predicted molar refractivity (Wildman–Crippen MR) is 91.3 cm³/mol. The minimum atomic E-state index is 0.248. The molecular formula is C17H14N6. The summed E-state index contributed by atoms with van der Waals surface area (Å²) in [6, 6.07) is 13.8. The summed E-state index contributed by atoms with van der Waals surface area (Å²) < 4.78 is 0. The molecule has 3 heterocycles. The van der Waals surface area contributed by atoms with E-state index in [1.807, 2.05) is 48.7 Å². The van der Waals surface area contributed by atoms with Gasteiger partial charge in [-0.05, 0) is 24.3 Å². The second-order valence-corrected chi connectivity index (χ2v) is 5.08. The van der Waals surface area contributed by atoms with E-state index in [2.05, 4.69) is 25.3 Å². The lowest BCUT2D eigenvalue weighted by molar-refractivity contribution is 1.19. The third-order valence-electron chi connectivity index (χ3n) is 3.58. The van der Waals surface area contributed by atoms with Crippen molar-refractivity contribution < 1.29 is 0 Å². The van der Waals surface area contributed by atoms with E-state index < -0.39 is 0 Å². The average Bonchev–Trinajstić information content (AvgIpc) is 3.01. The van der Waals surface area contributed by atoms with E-state index >= 15 is 0 Å². The van der Waals surface area contributed by atoms with Crippen LogP contribution in [0.4, 0.5) is 17.3 Å². The molecule has 0 atom stereocenters. The molecule has 4 N–H and O–H groups in total. The van der Waals surface area contributed by atoms with Gasteiger partial charge < -0.3 is 16.0 Å². The van der Waals surface area contributed by atoms with Crippen LogP contribution in [0.3, 0.4) is 0 Å². The largest absolute Gasteiger partial charge is 0.368 e. The molecule has 0 saturated heterocycles. The Morgan fingerprint density at radius 2 is 1.78 bits per heavy atom. The summed E-state index contributed by atoms with van der Waals surface area (Å²) in [7, 11) is 0. The van der Waals surface area contributed by atoms with Gasteiger partial charge in [-0.15, -0.1) is 0 Å². The molecule has 4 rings (SSSR count). The zero-order chi connectivity index (χ0) is 15.6. The van der Waals surface area contributed by atoms with Crippen molar-refractivity contribution in [3.63, 3.8) is 0 Å². The summed E-state index contributed by atoms with van der Waals surface area (Å²) in [6.45, 7) is 0. The van der Waals surface area contributed by atoms with E-state index in [9.17, 15) is 0 Å². The molecule has 0 radical (unpaired) electrons. The van der Waals surface area contributed by atoms with Crippen LogP contribution in [0, 0.1) is 0 Å². The first-order chi connectivity index (χ1) is 11.3. The zero-order valence-electron chi connectivity index (χ0n) is 12.2. The molecule has 0 aliphatic carbocycles. The quantitative estimate of drug-likeness (QED) is 0.539. The predicted octanol–water partition coefficient (Wildman–Crippen LogP) is 3.35. The number of nitrogen functional groups attached to an aromatic ring is 1. The second-order valence-electron chi connectivity index (χ2n) is 5.08. The molecule has 0 aliphatic heterocycles. The summed E-state index contributed by atoms with van der Waals surface area (Å²) in [5.41, 5.74) is 10.1. The van der Waals surface area contributed by atoms with Crippen molar-refractivity contribution in [2.24, 2.45) is 0 Å². The molecule has 0 fully saturated rings. The number of para-hydroxylation sites is 1. The normalized spacial score (nSPS) is 10.8. The number of benzene rings is 1. The van der Waals surface area contributed by atoms with Crippen LogP contribution in [-0.2, 0) is 0 Å². The SMILES string of the molecule is Nc1nccc(-c2c[nH]c3nccc(Nc4ccccc4)c23)n1. The molecule has 23 heavy (non-hydrogen) atoms. The van der Waals surface area contributed by atoms with Crippen molar-refractivity contribution in [1.29, 1.82) is 0 Å². The van der Waals surface area contributed by atoms with Gasteiger partial charge >= 0.3 is 0 Å². The van der Waals surface area contributed by atoms with Crippen molar-refractivity contribution in [2.75, 3.05) is 11.1 Å². The lowest BCUT2D eigenvalue weighted by atomic mass is 10.1. The van der Waals surface area contributed by atoms with E-state index in [0.29, 0.717) is 0 Å². The smallest absolute Gasteiger partial charge is 0.220 e. The van der Waals surface area contributed by atoms with E-state index in [4.69, 9.17) is 5.73 Å². The fourth-order valence-corrected chi connectivity index (χ4v) is 2.56. The van der Waals surface area contributed by atoms with Crippen LogP contribution in [0.15, 0.2) is 61.1 Å². The summed E-state index contributed by atoms with van der Waals surface area (Å²) in [5, 5.41) is 4.39. The molecule has 6 nitrogen and oxygen atoms in total. The van der Waals surface area contributed by atoms with E-state index in [1.165, 1.54) is 0 Å². The number of hydrogen-bond donors (Lipinski definition) is 3. The highest BCUT2D eigenvalue weighted by Gasteiger charge is 2.13. The maximum Gasteiger partial charge on any atom is 0.220 e. The number of aromatic amines is 1. The highest BCUT2D eigenvalue weighted by atomic mass is 15.0. The van der Waals surface area contributed by atoms with Gasteiger partial charge in [0, 0.05) is 29.8 Å². The number of nitrogens with one attached hydrogen (secondary N) is 2. The Morgan fingerprint density at radius 3 is 2.61 bits per heavy atom. The van der Waals surface area contributed by atoms with Gasteiger partial charge in [0.05, 0.1) is 16.8 Å². The van der Waals surface area contributed by atoms with E-state index in [1.54, 1.807) is 12.4 Å². The highest BCUT2D eigenvalue weighted by molar-refractivity contribution is 6.02. The maximum absolute atomic E-state index is 5.71. The van der Waals surface area contributed by atoms with Crippen LogP contribution >= 0.6 is 0 Å². The monoisotopic (exact) mass is 302 g/mol. The molecule has 6 heteroatoms. The van der Waals surface area contributed by atoms with Crippen LogP contribution in [0.1, 0.15) is 0 Å². The first-order valence-electron chi connectivity index (χ1n) is 7.18. The van der Waals surface area contributed by atoms with E-state index in [0.717, 1.165) is 33.7 Å². The number of hydrogen-bond acceptors (Lipinski definition) is 5. The first kappa shape index (κ1) is 13.3. The Kier molecular flexibility index (Phi) is 3.12. The molecule has 112 valence electrons. The third-order valence-corrected chi connectivity index (χ3v) is 3.58. The first-order valence-corrected chi connectivity index (χ1v) is 7.18. The zero-order valence-corrected chi connectivity index (χ0v) is 12.2. The van der Waals surface area contributed by atoms with Crippen LogP contribution < -0.4 is 11.1 Å². The van der Waals surface area contributed by atoms with E-state index in [-0.39, 0.29) is 5.95 Å². The topological polar surface area (TPSA) is 92.5 Å². The minimum Gasteiger partial charge on any atom is -0.368 e. The molecular weight excluding hydrogens is 288 g/mol. The number of nitrogens with two attached hydrogens (primary N) is 1. The molecule has 0 saturated carbocycles. The molecule has 0 spiro atoms. The number of rotatable bonds is 3. The Morgan fingerprint density at radius 1 is 0.957 bits per heavy atom. The van der Waals surface area contributed by atoms with Gasteiger partial charge in [-0.1, -0.05) is 18.2 Å². The lowest BCUT2D eigenvalue weighted by Crippen LogP contribution is -1.96. The standard InChI is InChI=1S/C17H14N6/c18-17-20-9-6-13(23-17)12-10-21-16-15(12)14(7-8-19-16)22-11-4-2-1-3-5-11/h1-10H,(H2,18,20,23)(H2,19,21,22). The Bertz CT molecular complexity index is 961. The number of fused-ring (bicyclic) bond motifs is 1. The Balaban J connectivity index is 1.87. The van der Waals surface area contributed by atoms with Crippen LogP contribution in [0.2, 0.25) is 0 Å². The van der Waals surface area contributed by atoms with Gasteiger partial charge in [-0.25, -0.2) is 15.0 Å². The summed E-state index contributed by atoms with van der Waals surface area (Å²) >= 11 is 0. The van der Waals surface area contributed by atoms with Crippen LogP contribution in [0.25, 0.3) is 22.3 Å². The molecule has 0 aliphatic rings. The fraction of sp³-hybridized carbons (Fsp3) is 0. The molecule has 4 aromatic rings. The van der Waals surface area contributed by atoms with Gasteiger partial charge in [-0.3, -0.25) is 0 Å². The molecule has 1 aromatic carbocycles.